The quantitative estimate of drug-likeness (QED) is 0.859. The molecule has 1 saturated carbocycles. The zero-order chi connectivity index (χ0) is 12.3. The van der Waals surface area contributed by atoms with Gasteiger partial charge in [0.15, 0.2) is 0 Å². The third-order valence-corrected chi connectivity index (χ3v) is 4.39. The number of rotatable bonds is 4. The van der Waals surface area contributed by atoms with Gasteiger partial charge in [0.1, 0.15) is 10.7 Å². The number of hydrogen-bond donors (Lipinski definition) is 2. The lowest BCUT2D eigenvalue weighted by Crippen LogP contribution is -2.30. The van der Waals surface area contributed by atoms with E-state index in [1.54, 1.807) is 5.38 Å². The maximum absolute atomic E-state index is 11.8. The van der Waals surface area contributed by atoms with Gasteiger partial charge in [0.2, 0.25) is 0 Å². The van der Waals surface area contributed by atoms with Crippen LogP contribution < -0.4 is 11.1 Å². The van der Waals surface area contributed by atoms with E-state index in [9.17, 15) is 4.79 Å². The monoisotopic (exact) mass is 253 g/mol. The fraction of sp³-hybridized carbons (Fsp3) is 0.667. The Kier molecular flexibility index (Phi) is 4.12. The van der Waals surface area contributed by atoms with Crippen molar-refractivity contribution in [3.8, 4) is 0 Å². The summed E-state index contributed by atoms with van der Waals surface area (Å²) in [6.07, 6.45) is 3.80. The van der Waals surface area contributed by atoms with Crippen LogP contribution in [0.15, 0.2) is 5.38 Å². The van der Waals surface area contributed by atoms with Gasteiger partial charge in [-0.15, -0.1) is 11.3 Å². The lowest BCUT2D eigenvalue weighted by atomic mass is 9.98. The first-order chi connectivity index (χ1) is 8.20. The Bertz CT molecular complexity index is 391. The van der Waals surface area contributed by atoms with E-state index in [1.165, 1.54) is 30.6 Å². The minimum atomic E-state index is -0.0694. The van der Waals surface area contributed by atoms with Crippen LogP contribution in [0.5, 0.6) is 0 Å². The fourth-order valence-electron chi connectivity index (χ4n) is 2.35. The molecule has 0 aliphatic heterocycles. The Morgan fingerprint density at radius 3 is 3.06 bits per heavy atom. The lowest BCUT2D eigenvalue weighted by molar-refractivity contribution is 0.0940. The normalized spacial score (nSPS) is 23.9. The number of thiazole rings is 1. The molecule has 94 valence electrons. The Morgan fingerprint density at radius 2 is 2.47 bits per heavy atom. The van der Waals surface area contributed by atoms with Crippen molar-refractivity contribution in [1.82, 2.24) is 10.3 Å². The minimum absolute atomic E-state index is 0.0694. The highest BCUT2D eigenvalue weighted by Gasteiger charge is 2.23. The van der Waals surface area contributed by atoms with E-state index in [0.29, 0.717) is 18.2 Å². The molecule has 1 fully saturated rings. The van der Waals surface area contributed by atoms with Gasteiger partial charge in [-0.2, -0.15) is 0 Å². The molecule has 1 amide bonds. The third kappa shape index (κ3) is 3.04. The number of hydrogen-bond acceptors (Lipinski definition) is 4. The predicted octanol–water partition coefficient (Wildman–Crippen LogP) is 1.77. The van der Waals surface area contributed by atoms with Crippen LogP contribution >= 0.6 is 11.3 Å². The van der Waals surface area contributed by atoms with E-state index >= 15 is 0 Å². The Morgan fingerprint density at radius 1 is 1.65 bits per heavy atom. The molecule has 2 rings (SSSR count). The van der Waals surface area contributed by atoms with E-state index in [-0.39, 0.29) is 5.91 Å². The van der Waals surface area contributed by atoms with Crippen LogP contribution in [-0.2, 0) is 6.54 Å². The van der Waals surface area contributed by atoms with Crippen LogP contribution in [0.25, 0.3) is 0 Å². The van der Waals surface area contributed by atoms with Crippen molar-refractivity contribution in [3.63, 3.8) is 0 Å². The highest BCUT2D eigenvalue weighted by molar-refractivity contribution is 7.09. The summed E-state index contributed by atoms with van der Waals surface area (Å²) >= 11 is 1.44. The highest BCUT2D eigenvalue weighted by Crippen LogP contribution is 2.30. The second-order valence-electron chi connectivity index (χ2n) is 4.71. The molecule has 0 aromatic carbocycles. The first-order valence-electron chi connectivity index (χ1n) is 6.13. The van der Waals surface area contributed by atoms with Crippen molar-refractivity contribution < 1.29 is 4.79 Å². The molecule has 0 radical (unpaired) electrons. The third-order valence-electron chi connectivity index (χ3n) is 3.52. The molecule has 2 atom stereocenters. The molecule has 1 aliphatic carbocycles. The number of nitrogens with one attached hydrogen (secondary N) is 1. The van der Waals surface area contributed by atoms with Crippen molar-refractivity contribution in [2.24, 2.45) is 17.6 Å². The summed E-state index contributed by atoms with van der Waals surface area (Å²) in [6.45, 7) is 3.44. The van der Waals surface area contributed by atoms with E-state index < -0.39 is 0 Å². The largest absolute Gasteiger partial charge is 0.350 e. The molecular weight excluding hydrogens is 234 g/mol. The molecule has 0 saturated heterocycles. The average Bonchev–Trinajstić information content (AvgIpc) is 2.94. The molecule has 2 unspecified atom stereocenters. The van der Waals surface area contributed by atoms with Gasteiger partial charge in [-0.3, -0.25) is 4.79 Å². The maximum atomic E-state index is 11.8. The van der Waals surface area contributed by atoms with Gasteiger partial charge in [0.25, 0.3) is 5.91 Å². The van der Waals surface area contributed by atoms with E-state index in [0.717, 1.165) is 17.5 Å². The molecule has 4 nitrogen and oxygen atoms in total. The van der Waals surface area contributed by atoms with E-state index in [1.807, 2.05) is 0 Å². The van der Waals surface area contributed by atoms with Crippen LogP contribution in [0.2, 0.25) is 0 Å². The Balaban J connectivity index is 1.84. The van der Waals surface area contributed by atoms with E-state index in [4.69, 9.17) is 5.73 Å². The topological polar surface area (TPSA) is 68.0 Å². The van der Waals surface area contributed by atoms with Gasteiger partial charge in [-0.1, -0.05) is 19.8 Å². The second kappa shape index (κ2) is 5.60. The van der Waals surface area contributed by atoms with Gasteiger partial charge in [-0.25, -0.2) is 4.98 Å². The summed E-state index contributed by atoms with van der Waals surface area (Å²) in [7, 11) is 0. The van der Waals surface area contributed by atoms with E-state index in [2.05, 4.69) is 17.2 Å². The van der Waals surface area contributed by atoms with Gasteiger partial charge in [0, 0.05) is 18.5 Å². The summed E-state index contributed by atoms with van der Waals surface area (Å²) in [5.41, 5.74) is 5.97. The number of carbonyl (C=O) groups excluding carboxylic acids is 1. The Hall–Kier alpha value is -0.940. The summed E-state index contributed by atoms with van der Waals surface area (Å²) in [5.74, 6) is 1.29. The smallest absolute Gasteiger partial charge is 0.270 e. The summed E-state index contributed by atoms with van der Waals surface area (Å²) in [5, 5.41) is 5.56. The van der Waals surface area contributed by atoms with Gasteiger partial charge in [-0.05, 0) is 18.3 Å². The van der Waals surface area contributed by atoms with Crippen LogP contribution in [0.1, 0.15) is 41.7 Å². The van der Waals surface area contributed by atoms with Crippen molar-refractivity contribution in [3.05, 3.63) is 16.1 Å². The number of nitrogens with two attached hydrogens (primary N) is 1. The van der Waals surface area contributed by atoms with Crippen LogP contribution in [-0.4, -0.2) is 17.4 Å². The van der Waals surface area contributed by atoms with Crippen molar-refractivity contribution in [2.75, 3.05) is 6.54 Å². The molecule has 1 aromatic heterocycles. The summed E-state index contributed by atoms with van der Waals surface area (Å²) in [6, 6.07) is 0. The standard InChI is InChI=1S/C12H19N3OS/c1-8-3-2-4-9(8)6-14-12(16)10-7-17-11(5-13)15-10/h7-9H,2-6,13H2,1H3,(H,14,16). The van der Waals surface area contributed by atoms with Gasteiger partial charge >= 0.3 is 0 Å². The molecule has 1 heterocycles. The second-order valence-corrected chi connectivity index (χ2v) is 5.65. The molecule has 5 heteroatoms. The summed E-state index contributed by atoms with van der Waals surface area (Å²) in [4.78, 5) is 16.0. The number of carbonyl (C=O) groups is 1. The van der Waals surface area contributed by atoms with Gasteiger partial charge in [0.05, 0.1) is 0 Å². The van der Waals surface area contributed by atoms with Gasteiger partial charge < -0.3 is 11.1 Å². The zero-order valence-corrected chi connectivity index (χ0v) is 10.9. The minimum Gasteiger partial charge on any atom is -0.350 e. The van der Waals surface area contributed by atoms with Crippen LogP contribution in [0.4, 0.5) is 0 Å². The molecule has 3 N–H and O–H groups in total. The lowest BCUT2D eigenvalue weighted by Gasteiger charge is -2.15. The predicted molar refractivity (Wildman–Crippen MR) is 68.8 cm³/mol. The highest BCUT2D eigenvalue weighted by atomic mass is 32.1. The van der Waals surface area contributed by atoms with Crippen LogP contribution in [0, 0.1) is 11.8 Å². The average molecular weight is 253 g/mol. The molecule has 1 aromatic rings. The molecule has 0 bridgehead atoms. The first kappa shape index (κ1) is 12.5. The number of aromatic nitrogens is 1. The molecular formula is C12H19N3OS. The zero-order valence-electron chi connectivity index (χ0n) is 10.1. The SMILES string of the molecule is CC1CCCC1CNC(=O)c1csc(CN)n1. The Labute approximate surface area is 106 Å². The number of nitrogens with zero attached hydrogens (tertiary/aromatic N) is 1. The first-order valence-corrected chi connectivity index (χ1v) is 7.01. The maximum Gasteiger partial charge on any atom is 0.270 e. The molecule has 0 spiro atoms. The molecule has 17 heavy (non-hydrogen) atoms. The number of amides is 1. The van der Waals surface area contributed by atoms with Crippen LogP contribution in [0.3, 0.4) is 0 Å². The van der Waals surface area contributed by atoms with Crippen molar-refractivity contribution >= 4 is 17.2 Å². The summed E-state index contributed by atoms with van der Waals surface area (Å²) < 4.78 is 0. The fourth-order valence-corrected chi connectivity index (χ4v) is 3.00. The van der Waals surface area contributed by atoms with Crippen molar-refractivity contribution in [1.29, 1.82) is 0 Å². The van der Waals surface area contributed by atoms with Crippen molar-refractivity contribution in [2.45, 2.75) is 32.7 Å². The molecule has 1 aliphatic rings.